The van der Waals surface area contributed by atoms with E-state index in [9.17, 15) is 14.9 Å². The van der Waals surface area contributed by atoms with E-state index in [0.29, 0.717) is 19.0 Å². The molecule has 1 aliphatic rings. The average Bonchev–Trinajstić information content (AvgIpc) is 2.64. The molecular weight excluding hydrogens is 336 g/mol. The number of aromatic nitrogens is 2. The van der Waals surface area contributed by atoms with Gasteiger partial charge in [-0.2, -0.15) is 5.10 Å². The van der Waals surface area contributed by atoms with Crippen molar-refractivity contribution < 1.29 is 14.5 Å². The predicted octanol–water partition coefficient (Wildman–Crippen LogP) is 2.31. The van der Waals surface area contributed by atoms with E-state index >= 15 is 0 Å². The molecule has 2 heterocycles. The van der Waals surface area contributed by atoms with Gasteiger partial charge in [0.2, 0.25) is 11.8 Å². The number of benzene rings is 1. The summed E-state index contributed by atoms with van der Waals surface area (Å²) in [6.45, 7) is 3.11. The number of rotatable bonds is 5. The second-order valence-corrected chi connectivity index (χ2v) is 6.31. The van der Waals surface area contributed by atoms with Crippen molar-refractivity contribution >= 4 is 11.6 Å². The molecule has 0 atom stereocenters. The largest absolute Gasteiger partial charge is 0.473 e. The third-order valence-electron chi connectivity index (χ3n) is 4.36. The molecule has 0 spiro atoms. The van der Waals surface area contributed by atoms with Crippen molar-refractivity contribution in [3.8, 4) is 5.88 Å². The molecule has 2 aromatic rings. The van der Waals surface area contributed by atoms with Crippen LogP contribution in [0.2, 0.25) is 0 Å². The number of hydrogen-bond acceptors (Lipinski definition) is 6. The molecule has 136 valence electrons. The van der Waals surface area contributed by atoms with Crippen LogP contribution < -0.4 is 4.74 Å². The predicted molar refractivity (Wildman–Crippen MR) is 93.8 cm³/mol. The zero-order valence-electron chi connectivity index (χ0n) is 14.5. The first-order valence-electron chi connectivity index (χ1n) is 8.49. The van der Waals surface area contributed by atoms with Crippen LogP contribution in [0.15, 0.2) is 36.4 Å². The van der Waals surface area contributed by atoms with E-state index in [4.69, 9.17) is 4.74 Å². The number of carbonyl (C=O) groups excluding carboxylic acids is 1. The van der Waals surface area contributed by atoms with Gasteiger partial charge in [0.15, 0.2) is 0 Å². The van der Waals surface area contributed by atoms with Crippen LogP contribution in [0.3, 0.4) is 0 Å². The zero-order valence-corrected chi connectivity index (χ0v) is 14.5. The second kappa shape index (κ2) is 7.90. The topological polar surface area (TPSA) is 98.5 Å². The maximum atomic E-state index is 12.4. The Morgan fingerprint density at radius 3 is 2.46 bits per heavy atom. The number of hydrogen-bond donors (Lipinski definition) is 0. The highest BCUT2D eigenvalue weighted by Gasteiger charge is 2.24. The number of nitro benzene ring substituents is 1. The highest BCUT2D eigenvalue weighted by atomic mass is 16.6. The lowest BCUT2D eigenvalue weighted by molar-refractivity contribution is -0.384. The molecule has 0 unspecified atom stereocenters. The van der Waals surface area contributed by atoms with Crippen molar-refractivity contribution in [2.45, 2.75) is 32.3 Å². The van der Waals surface area contributed by atoms with Gasteiger partial charge < -0.3 is 9.64 Å². The fourth-order valence-corrected chi connectivity index (χ4v) is 2.87. The number of aryl methyl sites for hydroxylation is 1. The Balaban J connectivity index is 1.48. The van der Waals surface area contributed by atoms with Gasteiger partial charge in [-0.1, -0.05) is 12.1 Å². The maximum absolute atomic E-state index is 12.4. The lowest BCUT2D eigenvalue weighted by Gasteiger charge is -2.32. The normalized spacial score (nSPS) is 14.9. The number of nitrogens with zero attached hydrogens (tertiary/aromatic N) is 4. The average molecular weight is 356 g/mol. The number of likely N-dealkylation sites (tertiary alicyclic amines) is 1. The molecule has 26 heavy (non-hydrogen) atoms. The van der Waals surface area contributed by atoms with Gasteiger partial charge in [0, 0.05) is 44.1 Å². The van der Waals surface area contributed by atoms with E-state index in [1.165, 1.54) is 12.1 Å². The van der Waals surface area contributed by atoms with Gasteiger partial charge in [-0.15, -0.1) is 5.10 Å². The van der Waals surface area contributed by atoms with E-state index < -0.39 is 4.92 Å². The Labute approximate surface area is 150 Å². The lowest BCUT2D eigenvalue weighted by Crippen LogP contribution is -2.42. The molecule has 0 aliphatic carbocycles. The molecule has 8 nitrogen and oxygen atoms in total. The van der Waals surface area contributed by atoms with E-state index in [-0.39, 0.29) is 24.1 Å². The number of non-ortho nitro benzene ring substituents is 1. The van der Waals surface area contributed by atoms with Crippen LogP contribution >= 0.6 is 0 Å². The SMILES string of the molecule is Cc1ccc(OC2CCN(C(=O)Cc3ccc([N+](=O)[O-])cc3)CC2)nn1. The lowest BCUT2D eigenvalue weighted by atomic mass is 10.1. The monoisotopic (exact) mass is 356 g/mol. The molecule has 3 rings (SSSR count). The summed E-state index contributed by atoms with van der Waals surface area (Å²) < 4.78 is 5.82. The first-order valence-corrected chi connectivity index (χ1v) is 8.49. The quantitative estimate of drug-likeness (QED) is 0.602. The summed E-state index contributed by atoms with van der Waals surface area (Å²) in [5.41, 5.74) is 1.64. The van der Waals surface area contributed by atoms with Gasteiger partial charge in [-0.05, 0) is 18.6 Å². The van der Waals surface area contributed by atoms with Crippen LogP contribution in [0.25, 0.3) is 0 Å². The summed E-state index contributed by atoms with van der Waals surface area (Å²) in [6, 6.07) is 9.75. The molecule has 1 fully saturated rings. The third-order valence-corrected chi connectivity index (χ3v) is 4.36. The van der Waals surface area contributed by atoms with E-state index in [1.54, 1.807) is 18.2 Å². The molecule has 0 N–H and O–H groups in total. The maximum Gasteiger partial charge on any atom is 0.269 e. The standard InChI is InChI=1S/C18H20N4O4/c1-13-2-7-17(20-19-13)26-16-8-10-21(11-9-16)18(23)12-14-3-5-15(6-4-14)22(24)25/h2-7,16H,8-12H2,1H3. The minimum absolute atomic E-state index is 0.0208. The van der Waals surface area contributed by atoms with Crippen LogP contribution in [0.5, 0.6) is 5.88 Å². The number of carbonyl (C=O) groups is 1. The highest BCUT2D eigenvalue weighted by molar-refractivity contribution is 5.79. The van der Waals surface area contributed by atoms with Crippen LogP contribution in [-0.2, 0) is 11.2 Å². The van der Waals surface area contributed by atoms with Gasteiger partial charge in [-0.25, -0.2) is 0 Å². The Morgan fingerprint density at radius 1 is 1.19 bits per heavy atom. The van der Waals surface area contributed by atoms with Crippen molar-refractivity contribution in [3.63, 3.8) is 0 Å². The van der Waals surface area contributed by atoms with Gasteiger partial charge in [0.1, 0.15) is 6.10 Å². The molecule has 1 aromatic carbocycles. The van der Waals surface area contributed by atoms with E-state index in [1.807, 2.05) is 17.9 Å². The molecule has 8 heteroatoms. The van der Waals surface area contributed by atoms with Crippen LogP contribution in [-0.4, -0.2) is 45.1 Å². The first kappa shape index (κ1) is 17.8. The molecule has 1 amide bonds. The van der Waals surface area contributed by atoms with Gasteiger partial charge in [-0.3, -0.25) is 14.9 Å². The Bertz CT molecular complexity index is 769. The Hall–Kier alpha value is -3.03. The summed E-state index contributed by atoms with van der Waals surface area (Å²) in [5.74, 6) is 0.527. The van der Waals surface area contributed by atoms with Crippen molar-refractivity contribution in [1.82, 2.24) is 15.1 Å². The Morgan fingerprint density at radius 2 is 1.88 bits per heavy atom. The second-order valence-electron chi connectivity index (χ2n) is 6.31. The Kier molecular flexibility index (Phi) is 5.40. The molecule has 1 aromatic heterocycles. The van der Waals surface area contributed by atoms with E-state index in [0.717, 1.165) is 24.1 Å². The van der Waals surface area contributed by atoms with Crippen molar-refractivity contribution in [3.05, 3.63) is 57.8 Å². The third kappa shape index (κ3) is 4.53. The minimum atomic E-state index is -0.450. The van der Waals surface area contributed by atoms with Crippen LogP contribution in [0, 0.1) is 17.0 Å². The number of ether oxygens (including phenoxy) is 1. The molecule has 1 saturated heterocycles. The molecule has 0 bridgehead atoms. The first-order chi connectivity index (χ1) is 12.5. The number of piperidine rings is 1. The molecule has 1 aliphatic heterocycles. The van der Waals surface area contributed by atoms with Crippen molar-refractivity contribution in [2.24, 2.45) is 0 Å². The fraction of sp³-hybridized carbons (Fsp3) is 0.389. The zero-order chi connectivity index (χ0) is 18.5. The van der Waals surface area contributed by atoms with Crippen molar-refractivity contribution in [2.75, 3.05) is 13.1 Å². The van der Waals surface area contributed by atoms with E-state index in [2.05, 4.69) is 10.2 Å². The van der Waals surface area contributed by atoms with Crippen LogP contribution in [0.1, 0.15) is 24.1 Å². The van der Waals surface area contributed by atoms with Crippen molar-refractivity contribution in [1.29, 1.82) is 0 Å². The fourth-order valence-electron chi connectivity index (χ4n) is 2.87. The molecule has 0 radical (unpaired) electrons. The van der Waals surface area contributed by atoms with Crippen LogP contribution in [0.4, 0.5) is 5.69 Å². The summed E-state index contributed by atoms with van der Waals surface area (Å²) in [5, 5.41) is 18.6. The summed E-state index contributed by atoms with van der Waals surface area (Å²) in [4.78, 5) is 24.4. The highest BCUT2D eigenvalue weighted by Crippen LogP contribution is 2.18. The summed E-state index contributed by atoms with van der Waals surface area (Å²) in [7, 11) is 0. The minimum Gasteiger partial charge on any atom is -0.473 e. The molecule has 0 saturated carbocycles. The van der Waals surface area contributed by atoms with Gasteiger partial charge in [0.25, 0.3) is 5.69 Å². The summed E-state index contributed by atoms with van der Waals surface area (Å²) in [6.07, 6.45) is 1.74. The number of nitro groups is 1. The summed E-state index contributed by atoms with van der Waals surface area (Å²) >= 11 is 0. The number of amides is 1. The molecular formula is C18H20N4O4. The van der Waals surface area contributed by atoms with Gasteiger partial charge >= 0.3 is 0 Å². The smallest absolute Gasteiger partial charge is 0.269 e. The van der Waals surface area contributed by atoms with Gasteiger partial charge in [0.05, 0.1) is 17.0 Å².